The van der Waals surface area contributed by atoms with Crippen molar-refractivity contribution in [3.05, 3.63) is 65.7 Å². The molecule has 0 aliphatic rings. The minimum absolute atomic E-state index is 0.121. The molecule has 0 fully saturated rings. The Bertz CT molecular complexity index is 617. The number of amides is 1. The number of aryl methyl sites for hydroxylation is 1. The molecule has 0 bridgehead atoms. The van der Waals surface area contributed by atoms with Crippen molar-refractivity contribution in [2.75, 3.05) is 11.6 Å². The highest BCUT2D eigenvalue weighted by atomic mass is 32.2. The molecule has 0 radical (unpaired) electrons. The number of thioether (sulfide) groups is 1. The molecule has 102 valence electrons. The largest absolute Gasteiger partial charge is 0.322 e. The van der Waals surface area contributed by atoms with E-state index in [4.69, 9.17) is 0 Å². The molecule has 2 nitrogen and oxygen atoms in total. The third-order valence-electron chi connectivity index (χ3n) is 2.84. The lowest BCUT2D eigenvalue weighted by Crippen LogP contribution is -2.07. The molecule has 2 rings (SSSR count). The Labute approximate surface area is 123 Å². The van der Waals surface area contributed by atoms with Crippen LogP contribution in [-0.2, 0) is 4.79 Å². The molecule has 0 spiro atoms. The van der Waals surface area contributed by atoms with Gasteiger partial charge in [0.1, 0.15) is 0 Å². The highest BCUT2D eigenvalue weighted by Gasteiger charge is 1.99. The van der Waals surface area contributed by atoms with Crippen LogP contribution in [0.5, 0.6) is 0 Å². The Kier molecular flexibility index (Phi) is 5.02. The predicted molar refractivity (Wildman–Crippen MR) is 87.1 cm³/mol. The average Bonchev–Trinajstić information content (AvgIpc) is 2.47. The van der Waals surface area contributed by atoms with Crippen LogP contribution in [0.15, 0.2) is 59.5 Å². The van der Waals surface area contributed by atoms with E-state index in [0.717, 1.165) is 16.1 Å². The van der Waals surface area contributed by atoms with Crippen LogP contribution in [0.3, 0.4) is 0 Å². The molecular formula is C17H17NOS. The first kappa shape index (κ1) is 14.4. The van der Waals surface area contributed by atoms with Crippen LogP contribution in [0.4, 0.5) is 5.69 Å². The van der Waals surface area contributed by atoms with Gasteiger partial charge in [-0.1, -0.05) is 35.9 Å². The third kappa shape index (κ3) is 4.28. The van der Waals surface area contributed by atoms with E-state index in [1.807, 2.05) is 67.8 Å². The first-order valence-corrected chi connectivity index (χ1v) is 7.59. The molecule has 0 saturated heterocycles. The van der Waals surface area contributed by atoms with Crippen LogP contribution in [0.2, 0.25) is 0 Å². The molecule has 2 aromatic rings. The molecule has 20 heavy (non-hydrogen) atoms. The fourth-order valence-electron chi connectivity index (χ4n) is 1.73. The lowest BCUT2D eigenvalue weighted by atomic mass is 10.1. The van der Waals surface area contributed by atoms with Gasteiger partial charge in [0.15, 0.2) is 0 Å². The van der Waals surface area contributed by atoms with Gasteiger partial charge in [-0.15, -0.1) is 11.8 Å². The number of anilines is 1. The molecule has 0 atom stereocenters. The highest BCUT2D eigenvalue weighted by Crippen LogP contribution is 2.18. The van der Waals surface area contributed by atoms with Gasteiger partial charge in [0, 0.05) is 16.7 Å². The molecule has 0 aliphatic heterocycles. The average molecular weight is 283 g/mol. The van der Waals surface area contributed by atoms with E-state index in [1.165, 1.54) is 5.56 Å². The first-order chi connectivity index (χ1) is 9.67. The molecule has 2 aromatic carbocycles. The summed E-state index contributed by atoms with van der Waals surface area (Å²) in [5, 5.41) is 2.86. The van der Waals surface area contributed by atoms with Gasteiger partial charge >= 0.3 is 0 Å². The molecule has 0 heterocycles. The van der Waals surface area contributed by atoms with Crippen LogP contribution < -0.4 is 5.32 Å². The van der Waals surface area contributed by atoms with E-state index in [1.54, 1.807) is 17.8 Å². The minimum Gasteiger partial charge on any atom is -0.322 e. The van der Waals surface area contributed by atoms with Gasteiger partial charge in [-0.05, 0) is 43.0 Å². The smallest absolute Gasteiger partial charge is 0.248 e. The van der Waals surface area contributed by atoms with E-state index in [9.17, 15) is 4.79 Å². The maximum Gasteiger partial charge on any atom is 0.248 e. The topological polar surface area (TPSA) is 29.1 Å². The summed E-state index contributed by atoms with van der Waals surface area (Å²) in [5.74, 6) is -0.121. The van der Waals surface area contributed by atoms with E-state index in [0.29, 0.717) is 0 Å². The Hall–Kier alpha value is -2.00. The molecule has 0 aromatic heterocycles. The summed E-state index contributed by atoms with van der Waals surface area (Å²) in [7, 11) is 0. The van der Waals surface area contributed by atoms with Crippen molar-refractivity contribution in [1.29, 1.82) is 0 Å². The van der Waals surface area contributed by atoms with Gasteiger partial charge in [-0.3, -0.25) is 4.79 Å². The fraction of sp³-hybridized carbons (Fsp3) is 0.118. The monoisotopic (exact) mass is 283 g/mol. The number of nitrogens with one attached hydrogen (secondary N) is 1. The van der Waals surface area contributed by atoms with Crippen LogP contribution in [0.1, 0.15) is 11.1 Å². The van der Waals surface area contributed by atoms with Crippen LogP contribution in [-0.4, -0.2) is 12.2 Å². The highest BCUT2D eigenvalue weighted by molar-refractivity contribution is 7.98. The van der Waals surface area contributed by atoms with E-state index >= 15 is 0 Å². The summed E-state index contributed by atoms with van der Waals surface area (Å²) < 4.78 is 0. The van der Waals surface area contributed by atoms with Crippen molar-refractivity contribution in [2.45, 2.75) is 11.8 Å². The number of rotatable bonds is 4. The second-order valence-corrected chi connectivity index (χ2v) is 5.34. The Morgan fingerprint density at radius 2 is 1.90 bits per heavy atom. The van der Waals surface area contributed by atoms with Gasteiger partial charge in [0.25, 0.3) is 0 Å². The van der Waals surface area contributed by atoms with E-state index in [-0.39, 0.29) is 5.91 Å². The summed E-state index contributed by atoms with van der Waals surface area (Å²) in [5.41, 5.74) is 3.04. The van der Waals surface area contributed by atoms with Gasteiger partial charge in [0.05, 0.1) is 0 Å². The normalized spacial score (nSPS) is 10.7. The summed E-state index contributed by atoms with van der Waals surface area (Å²) in [6, 6.07) is 15.8. The maximum absolute atomic E-state index is 11.8. The number of benzene rings is 2. The van der Waals surface area contributed by atoms with Crippen molar-refractivity contribution in [3.63, 3.8) is 0 Å². The third-order valence-corrected chi connectivity index (χ3v) is 3.57. The van der Waals surface area contributed by atoms with Gasteiger partial charge < -0.3 is 5.32 Å². The van der Waals surface area contributed by atoms with Gasteiger partial charge in [-0.2, -0.15) is 0 Å². The standard InChI is InChI=1S/C17H17NOS/c1-13-6-8-14(9-7-13)10-11-17(19)18-15-4-3-5-16(12-15)20-2/h3-12H,1-2H3,(H,18,19)/b11-10+. The quantitative estimate of drug-likeness (QED) is 0.667. The zero-order chi connectivity index (χ0) is 14.4. The molecule has 0 aliphatic carbocycles. The molecule has 1 N–H and O–H groups in total. The van der Waals surface area contributed by atoms with E-state index < -0.39 is 0 Å². The van der Waals surface area contributed by atoms with Crippen molar-refractivity contribution in [3.8, 4) is 0 Å². The molecule has 0 saturated carbocycles. The van der Waals surface area contributed by atoms with E-state index in [2.05, 4.69) is 5.32 Å². The molecular weight excluding hydrogens is 266 g/mol. The summed E-state index contributed by atoms with van der Waals surface area (Å²) >= 11 is 1.65. The molecule has 1 amide bonds. The predicted octanol–water partition coefficient (Wildman–Crippen LogP) is 4.37. The summed E-state index contributed by atoms with van der Waals surface area (Å²) in [4.78, 5) is 13.0. The minimum atomic E-state index is -0.121. The van der Waals surface area contributed by atoms with Crippen LogP contribution in [0, 0.1) is 6.92 Å². The Morgan fingerprint density at radius 3 is 2.60 bits per heavy atom. The zero-order valence-electron chi connectivity index (χ0n) is 11.6. The van der Waals surface area contributed by atoms with Crippen LogP contribution >= 0.6 is 11.8 Å². The number of hydrogen-bond acceptors (Lipinski definition) is 2. The number of carbonyl (C=O) groups excluding carboxylic acids is 1. The van der Waals surface area contributed by atoms with Gasteiger partial charge in [0.2, 0.25) is 5.91 Å². The SMILES string of the molecule is CSc1cccc(NC(=O)/C=C/c2ccc(C)cc2)c1. The lowest BCUT2D eigenvalue weighted by molar-refractivity contribution is -0.111. The van der Waals surface area contributed by atoms with Crippen molar-refractivity contribution < 1.29 is 4.79 Å². The van der Waals surface area contributed by atoms with Crippen molar-refractivity contribution in [2.24, 2.45) is 0 Å². The first-order valence-electron chi connectivity index (χ1n) is 6.37. The summed E-state index contributed by atoms with van der Waals surface area (Å²) in [6.07, 6.45) is 5.38. The number of carbonyl (C=O) groups is 1. The second kappa shape index (κ2) is 6.96. The Morgan fingerprint density at radius 1 is 1.15 bits per heavy atom. The maximum atomic E-state index is 11.8. The molecule has 3 heteroatoms. The van der Waals surface area contributed by atoms with Gasteiger partial charge in [-0.25, -0.2) is 0 Å². The summed E-state index contributed by atoms with van der Waals surface area (Å²) in [6.45, 7) is 2.04. The fourth-order valence-corrected chi connectivity index (χ4v) is 2.19. The lowest BCUT2D eigenvalue weighted by Gasteiger charge is -2.03. The van der Waals surface area contributed by atoms with Crippen molar-refractivity contribution in [1.82, 2.24) is 0 Å². The van der Waals surface area contributed by atoms with Crippen LogP contribution in [0.25, 0.3) is 6.08 Å². The molecule has 0 unspecified atom stereocenters. The second-order valence-electron chi connectivity index (χ2n) is 4.47. The number of hydrogen-bond donors (Lipinski definition) is 1. The Balaban J connectivity index is 1.99. The zero-order valence-corrected chi connectivity index (χ0v) is 12.4. The van der Waals surface area contributed by atoms with Crippen molar-refractivity contribution >= 4 is 29.4 Å².